The first-order valence-electron chi connectivity index (χ1n) is 6.16. The summed E-state index contributed by atoms with van der Waals surface area (Å²) in [6.45, 7) is 3.87. The van der Waals surface area contributed by atoms with Crippen molar-refractivity contribution in [2.75, 3.05) is 23.3 Å². The highest BCUT2D eigenvalue weighted by Crippen LogP contribution is 2.16. The van der Waals surface area contributed by atoms with Crippen LogP contribution in [0, 0.1) is 0 Å². The van der Waals surface area contributed by atoms with Crippen LogP contribution < -0.4 is 10.2 Å². The molecule has 5 nitrogen and oxygen atoms in total. The maximum absolute atomic E-state index is 11.2. The van der Waals surface area contributed by atoms with Crippen molar-refractivity contribution >= 4 is 17.5 Å². The fourth-order valence-electron chi connectivity index (χ4n) is 1.89. The lowest BCUT2D eigenvalue weighted by Gasteiger charge is -2.26. The maximum Gasteiger partial charge on any atom is 0.225 e. The summed E-state index contributed by atoms with van der Waals surface area (Å²) >= 11 is 0. The topological polar surface area (TPSA) is 58.1 Å². The number of amides is 1. The largest absolute Gasteiger partial charge is 0.341 e. The number of carbonyl (C=O) groups is 1. The highest BCUT2D eigenvalue weighted by molar-refractivity contribution is 5.90. The van der Waals surface area contributed by atoms with E-state index in [4.69, 9.17) is 0 Å². The molecule has 0 saturated carbocycles. The van der Waals surface area contributed by atoms with Gasteiger partial charge in [0, 0.05) is 19.5 Å². The van der Waals surface area contributed by atoms with Crippen LogP contribution in [0.15, 0.2) is 12.4 Å². The summed E-state index contributed by atoms with van der Waals surface area (Å²) in [5, 5.41) is 2.74. The second-order valence-electron chi connectivity index (χ2n) is 4.22. The number of aromatic nitrogens is 2. The van der Waals surface area contributed by atoms with E-state index in [1.807, 2.05) is 6.92 Å². The van der Waals surface area contributed by atoms with Crippen molar-refractivity contribution in [3.05, 3.63) is 12.4 Å². The van der Waals surface area contributed by atoms with E-state index in [1.165, 1.54) is 19.3 Å². The monoisotopic (exact) mass is 234 g/mol. The average Bonchev–Trinajstić information content (AvgIpc) is 2.40. The van der Waals surface area contributed by atoms with Gasteiger partial charge in [-0.3, -0.25) is 4.79 Å². The quantitative estimate of drug-likeness (QED) is 0.866. The smallest absolute Gasteiger partial charge is 0.225 e. The second kappa shape index (κ2) is 5.61. The van der Waals surface area contributed by atoms with E-state index >= 15 is 0 Å². The summed E-state index contributed by atoms with van der Waals surface area (Å²) in [6, 6.07) is 0. The highest BCUT2D eigenvalue weighted by Gasteiger charge is 2.13. The van der Waals surface area contributed by atoms with Gasteiger partial charge in [0.15, 0.2) is 0 Å². The van der Waals surface area contributed by atoms with Crippen molar-refractivity contribution in [2.24, 2.45) is 0 Å². The van der Waals surface area contributed by atoms with E-state index in [2.05, 4.69) is 20.2 Å². The van der Waals surface area contributed by atoms with Gasteiger partial charge in [0.1, 0.15) is 0 Å². The van der Waals surface area contributed by atoms with E-state index < -0.39 is 0 Å². The Hall–Kier alpha value is -1.65. The third kappa shape index (κ3) is 3.15. The van der Waals surface area contributed by atoms with Gasteiger partial charge in [-0.05, 0) is 19.3 Å². The van der Waals surface area contributed by atoms with Gasteiger partial charge in [0.25, 0.3) is 0 Å². The fourth-order valence-corrected chi connectivity index (χ4v) is 1.89. The number of rotatable bonds is 3. The molecule has 1 aliphatic heterocycles. The summed E-state index contributed by atoms with van der Waals surface area (Å²) in [5.74, 6) is 0.749. The minimum Gasteiger partial charge on any atom is -0.341 e. The van der Waals surface area contributed by atoms with Crippen LogP contribution in [0.5, 0.6) is 0 Å². The molecule has 1 N–H and O–H groups in total. The van der Waals surface area contributed by atoms with Crippen molar-refractivity contribution in [2.45, 2.75) is 32.6 Å². The molecule has 1 aromatic heterocycles. The average molecular weight is 234 g/mol. The molecule has 17 heavy (non-hydrogen) atoms. The first kappa shape index (κ1) is 11.8. The number of nitrogens with zero attached hydrogens (tertiary/aromatic N) is 3. The number of hydrogen-bond donors (Lipinski definition) is 1. The molecule has 1 aromatic rings. The molecule has 0 radical (unpaired) electrons. The Bertz CT molecular complexity index is 371. The summed E-state index contributed by atoms with van der Waals surface area (Å²) in [6.07, 6.45) is 7.51. The molecule has 0 aliphatic carbocycles. The molecule has 0 spiro atoms. The van der Waals surface area contributed by atoms with Crippen molar-refractivity contribution in [3.8, 4) is 0 Å². The predicted molar refractivity (Wildman–Crippen MR) is 67.0 cm³/mol. The first-order valence-corrected chi connectivity index (χ1v) is 6.16. The molecule has 0 bridgehead atoms. The summed E-state index contributed by atoms with van der Waals surface area (Å²) < 4.78 is 0. The van der Waals surface area contributed by atoms with E-state index in [0.717, 1.165) is 19.0 Å². The normalized spacial score (nSPS) is 15.7. The lowest BCUT2D eigenvalue weighted by Crippen LogP contribution is -2.30. The number of carbonyl (C=O) groups excluding carboxylic acids is 1. The molecule has 1 saturated heterocycles. The van der Waals surface area contributed by atoms with Crippen LogP contribution in [-0.4, -0.2) is 29.0 Å². The van der Waals surface area contributed by atoms with Gasteiger partial charge >= 0.3 is 0 Å². The zero-order chi connectivity index (χ0) is 12.1. The number of nitrogens with one attached hydrogen (secondary N) is 1. The highest BCUT2D eigenvalue weighted by atomic mass is 16.1. The van der Waals surface area contributed by atoms with Gasteiger partial charge in [0.2, 0.25) is 11.9 Å². The maximum atomic E-state index is 11.2. The summed E-state index contributed by atoms with van der Waals surface area (Å²) in [7, 11) is 0. The molecule has 2 heterocycles. The van der Waals surface area contributed by atoms with Crippen LogP contribution in [-0.2, 0) is 4.79 Å². The van der Waals surface area contributed by atoms with Crippen LogP contribution >= 0.6 is 0 Å². The lowest BCUT2D eigenvalue weighted by atomic mass is 10.1. The fraction of sp³-hybridized carbons (Fsp3) is 0.583. The van der Waals surface area contributed by atoms with Gasteiger partial charge in [-0.25, -0.2) is 9.97 Å². The van der Waals surface area contributed by atoms with Crippen molar-refractivity contribution < 1.29 is 4.79 Å². The van der Waals surface area contributed by atoms with Gasteiger partial charge in [-0.2, -0.15) is 0 Å². The molecule has 0 aromatic carbocycles. The van der Waals surface area contributed by atoms with Crippen LogP contribution in [0.1, 0.15) is 32.6 Å². The molecule has 1 aliphatic rings. The molecule has 0 atom stereocenters. The SMILES string of the molecule is CCC(=O)Nc1cnc(N2CCCCC2)nc1. The van der Waals surface area contributed by atoms with E-state index in [0.29, 0.717) is 12.1 Å². The Balaban J connectivity index is 1.99. The first-order chi connectivity index (χ1) is 8.29. The number of piperidine rings is 1. The standard InChI is InChI=1S/C12H18N4O/c1-2-11(17)15-10-8-13-12(14-9-10)16-6-4-3-5-7-16/h8-9H,2-7H2,1H3,(H,15,17). The number of anilines is 2. The van der Waals surface area contributed by atoms with Gasteiger partial charge in [-0.15, -0.1) is 0 Å². The third-order valence-electron chi connectivity index (χ3n) is 2.88. The van der Waals surface area contributed by atoms with Gasteiger partial charge < -0.3 is 10.2 Å². The van der Waals surface area contributed by atoms with E-state index in [9.17, 15) is 4.79 Å². The van der Waals surface area contributed by atoms with Crippen molar-refractivity contribution in [1.82, 2.24) is 9.97 Å². The van der Waals surface area contributed by atoms with Crippen LogP contribution in [0.3, 0.4) is 0 Å². The molecular formula is C12H18N4O. The van der Waals surface area contributed by atoms with Crippen LogP contribution in [0.25, 0.3) is 0 Å². The minimum atomic E-state index is -0.0145. The minimum absolute atomic E-state index is 0.0145. The van der Waals surface area contributed by atoms with Crippen LogP contribution in [0.2, 0.25) is 0 Å². The molecule has 1 fully saturated rings. The Labute approximate surface area is 101 Å². The lowest BCUT2D eigenvalue weighted by molar-refractivity contribution is -0.115. The van der Waals surface area contributed by atoms with Crippen molar-refractivity contribution in [1.29, 1.82) is 0 Å². The Morgan fingerprint density at radius 1 is 1.29 bits per heavy atom. The second-order valence-corrected chi connectivity index (χ2v) is 4.22. The summed E-state index contributed by atoms with van der Waals surface area (Å²) in [4.78, 5) is 22.0. The zero-order valence-corrected chi connectivity index (χ0v) is 10.1. The Kier molecular flexibility index (Phi) is 3.90. The van der Waals surface area contributed by atoms with Crippen LogP contribution in [0.4, 0.5) is 11.6 Å². The molecular weight excluding hydrogens is 216 g/mol. The number of hydrogen-bond acceptors (Lipinski definition) is 4. The molecule has 92 valence electrons. The molecule has 5 heteroatoms. The predicted octanol–water partition coefficient (Wildman–Crippen LogP) is 1.82. The van der Waals surface area contributed by atoms with E-state index in [-0.39, 0.29) is 5.91 Å². The Morgan fingerprint density at radius 3 is 2.53 bits per heavy atom. The zero-order valence-electron chi connectivity index (χ0n) is 10.1. The summed E-state index contributed by atoms with van der Waals surface area (Å²) in [5.41, 5.74) is 0.664. The molecule has 0 unspecified atom stereocenters. The molecule has 2 rings (SSSR count). The van der Waals surface area contributed by atoms with Crippen molar-refractivity contribution in [3.63, 3.8) is 0 Å². The third-order valence-corrected chi connectivity index (χ3v) is 2.88. The van der Waals surface area contributed by atoms with Gasteiger partial charge in [0.05, 0.1) is 18.1 Å². The van der Waals surface area contributed by atoms with Gasteiger partial charge in [-0.1, -0.05) is 6.92 Å². The van der Waals surface area contributed by atoms with E-state index in [1.54, 1.807) is 12.4 Å². The Morgan fingerprint density at radius 2 is 1.94 bits per heavy atom. The molecule has 1 amide bonds.